The number of nitrogens with two attached hydrogens (primary N) is 1. The van der Waals surface area contributed by atoms with Crippen LogP contribution in [0.3, 0.4) is 0 Å². The highest BCUT2D eigenvalue weighted by Crippen LogP contribution is 2.18. The monoisotopic (exact) mass is 449 g/mol. The van der Waals surface area contributed by atoms with Crippen LogP contribution in [-0.4, -0.2) is 29.2 Å². The maximum Gasteiger partial charge on any atom is 0.228 e. The fraction of sp³-hybridized carbons (Fsp3) is 0.400. The molecule has 1 aromatic heterocycles. The van der Waals surface area contributed by atoms with Crippen molar-refractivity contribution in [3.8, 4) is 11.4 Å². The molecule has 0 saturated carbocycles. The number of rotatable bonds is 7. The Morgan fingerprint density at radius 3 is 2.78 bits per heavy atom. The molecule has 0 spiro atoms. The van der Waals surface area contributed by atoms with Gasteiger partial charge in [0.1, 0.15) is 0 Å². The summed E-state index contributed by atoms with van der Waals surface area (Å²) < 4.78 is 5.21. The number of nitrogens with zero attached hydrogens (tertiary/aromatic N) is 3. The molecule has 1 heterocycles. The van der Waals surface area contributed by atoms with E-state index in [1.165, 1.54) is 0 Å². The molecule has 0 saturated heterocycles. The van der Waals surface area contributed by atoms with E-state index in [1.54, 1.807) is 12.1 Å². The molecule has 0 aliphatic heterocycles. The van der Waals surface area contributed by atoms with Crippen LogP contribution >= 0.6 is 35.6 Å². The summed E-state index contributed by atoms with van der Waals surface area (Å²) in [5.74, 6) is 1.56. The lowest BCUT2D eigenvalue weighted by atomic mass is 10.2. The summed E-state index contributed by atoms with van der Waals surface area (Å²) in [5.41, 5.74) is 6.62. The number of unbranched alkanes of at least 4 members (excludes halogenated alkanes) is 1. The van der Waals surface area contributed by atoms with Gasteiger partial charge >= 0.3 is 0 Å². The minimum atomic E-state index is 0. The molecule has 0 amide bonds. The fourth-order valence-electron chi connectivity index (χ4n) is 1.78. The number of benzene rings is 1. The van der Waals surface area contributed by atoms with Crippen LogP contribution in [0, 0.1) is 0 Å². The molecule has 0 aliphatic carbocycles. The van der Waals surface area contributed by atoms with Crippen molar-refractivity contribution < 1.29 is 4.52 Å². The maximum atomic E-state index is 5.85. The van der Waals surface area contributed by atoms with Crippen LogP contribution in [0.25, 0.3) is 11.4 Å². The van der Waals surface area contributed by atoms with E-state index >= 15 is 0 Å². The lowest BCUT2D eigenvalue weighted by Gasteiger charge is -2.02. The first-order valence-corrected chi connectivity index (χ1v) is 7.69. The average molecular weight is 450 g/mol. The Morgan fingerprint density at radius 2 is 2.09 bits per heavy atom. The van der Waals surface area contributed by atoms with Crippen molar-refractivity contribution in [2.24, 2.45) is 10.7 Å². The Hall–Kier alpha value is -1.35. The molecule has 8 heteroatoms. The molecular weight excluding hydrogens is 429 g/mol. The van der Waals surface area contributed by atoms with Crippen molar-refractivity contribution in [2.45, 2.75) is 26.2 Å². The topological polar surface area (TPSA) is 89.3 Å². The smallest absolute Gasteiger partial charge is 0.228 e. The normalized spacial score (nSPS) is 11.1. The SMILES string of the molecule is CCCCN=C(N)NCCc1nc(-c2ccc(Cl)cc2)no1.I. The zero-order valence-corrected chi connectivity index (χ0v) is 16.0. The van der Waals surface area contributed by atoms with Crippen LogP contribution in [0.4, 0.5) is 0 Å². The van der Waals surface area contributed by atoms with E-state index in [-0.39, 0.29) is 24.0 Å². The van der Waals surface area contributed by atoms with Gasteiger partial charge in [-0.05, 0) is 30.7 Å². The fourth-order valence-corrected chi connectivity index (χ4v) is 1.91. The first kappa shape index (κ1) is 19.7. The van der Waals surface area contributed by atoms with E-state index in [0.29, 0.717) is 35.7 Å². The highest BCUT2D eigenvalue weighted by Gasteiger charge is 2.08. The third-order valence-corrected chi connectivity index (χ3v) is 3.26. The van der Waals surface area contributed by atoms with E-state index < -0.39 is 0 Å². The molecular formula is C15H21ClIN5O. The van der Waals surface area contributed by atoms with Crippen molar-refractivity contribution >= 4 is 41.5 Å². The molecule has 0 unspecified atom stereocenters. The lowest BCUT2D eigenvalue weighted by molar-refractivity contribution is 0.379. The van der Waals surface area contributed by atoms with Gasteiger partial charge in [-0.1, -0.05) is 30.1 Å². The van der Waals surface area contributed by atoms with Gasteiger partial charge in [0.25, 0.3) is 0 Å². The minimum absolute atomic E-state index is 0. The van der Waals surface area contributed by atoms with Crippen molar-refractivity contribution in [2.75, 3.05) is 13.1 Å². The number of guanidine groups is 1. The van der Waals surface area contributed by atoms with Crippen molar-refractivity contribution in [3.63, 3.8) is 0 Å². The van der Waals surface area contributed by atoms with Gasteiger partial charge in [0.15, 0.2) is 5.96 Å². The molecule has 0 radical (unpaired) electrons. The second kappa shape index (κ2) is 10.4. The molecule has 23 heavy (non-hydrogen) atoms. The average Bonchev–Trinajstić information content (AvgIpc) is 2.97. The summed E-state index contributed by atoms with van der Waals surface area (Å²) in [5, 5.41) is 7.66. The second-order valence-corrected chi connectivity index (χ2v) is 5.25. The van der Waals surface area contributed by atoms with Gasteiger partial charge in [0, 0.05) is 30.1 Å². The number of aromatic nitrogens is 2. The van der Waals surface area contributed by atoms with Gasteiger partial charge < -0.3 is 15.6 Å². The van der Waals surface area contributed by atoms with Gasteiger partial charge in [-0.2, -0.15) is 4.98 Å². The zero-order valence-electron chi connectivity index (χ0n) is 13.0. The number of nitrogens with one attached hydrogen (secondary N) is 1. The molecule has 126 valence electrons. The standard InChI is InChI=1S/C15H20ClN5O.HI/c1-2-3-9-18-15(17)19-10-8-13-20-14(21-22-13)11-4-6-12(16)7-5-11;/h4-7H,2-3,8-10H2,1H3,(H3,17,18,19);1H. The van der Waals surface area contributed by atoms with Crippen LogP contribution < -0.4 is 11.1 Å². The summed E-state index contributed by atoms with van der Waals surface area (Å²) in [4.78, 5) is 8.55. The molecule has 1 aromatic carbocycles. The second-order valence-electron chi connectivity index (χ2n) is 4.82. The summed E-state index contributed by atoms with van der Waals surface area (Å²) in [6.07, 6.45) is 2.73. The first-order valence-electron chi connectivity index (χ1n) is 7.31. The third-order valence-electron chi connectivity index (χ3n) is 3.01. The quantitative estimate of drug-likeness (QED) is 0.293. The van der Waals surface area contributed by atoms with Crippen LogP contribution in [-0.2, 0) is 6.42 Å². The molecule has 0 fully saturated rings. The Labute approximate surface area is 157 Å². The highest BCUT2D eigenvalue weighted by atomic mass is 127. The Kier molecular flexibility index (Phi) is 8.93. The molecule has 0 bridgehead atoms. The van der Waals surface area contributed by atoms with Crippen molar-refractivity contribution in [3.05, 3.63) is 35.2 Å². The number of hydrogen-bond donors (Lipinski definition) is 2. The van der Waals surface area contributed by atoms with Crippen LogP contribution in [0.5, 0.6) is 0 Å². The third kappa shape index (κ3) is 6.74. The molecule has 2 aromatic rings. The van der Waals surface area contributed by atoms with Gasteiger partial charge in [-0.25, -0.2) is 0 Å². The first-order chi connectivity index (χ1) is 10.7. The van der Waals surface area contributed by atoms with E-state index in [1.807, 2.05) is 12.1 Å². The van der Waals surface area contributed by atoms with Crippen molar-refractivity contribution in [1.82, 2.24) is 15.5 Å². The predicted molar refractivity (Wildman–Crippen MR) is 103 cm³/mol. The Bertz CT molecular complexity index is 615. The van der Waals surface area contributed by atoms with Crippen LogP contribution in [0.15, 0.2) is 33.8 Å². The van der Waals surface area contributed by atoms with Gasteiger partial charge in [-0.15, -0.1) is 24.0 Å². The van der Waals surface area contributed by atoms with E-state index in [4.69, 9.17) is 21.9 Å². The number of hydrogen-bond acceptors (Lipinski definition) is 4. The predicted octanol–water partition coefficient (Wildman–Crippen LogP) is 3.25. The van der Waals surface area contributed by atoms with Gasteiger partial charge in [0.05, 0.1) is 0 Å². The van der Waals surface area contributed by atoms with Crippen molar-refractivity contribution in [1.29, 1.82) is 0 Å². The zero-order chi connectivity index (χ0) is 15.8. The molecule has 0 aliphatic rings. The highest BCUT2D eigenvalue weighted by molar-refractivity contribution is 14.0. The largest absolute Gasteiger partial charge is 0.370 e. The number of halogens is 2. The Balaban J connectivity index is 0.00000264. The molecule has 3 N–H and O–H groups in total. The van der Waals surface area contributed by atoms with E-state index in [0.717, 1.165) is 24.9 Å². The lowest BCUT2D eigenvalue weighted by Crippen LogP contribution is -2.33. The van der Waals surface area contributed by atoms with Gasteiger partial charge in [-0.3, -0.25) is 4.99 Å². The summed E-state index contributed by atoms with van der Waals surface area (Å²) in [6.45, 7) is 3.47. The summed E-state index contributed by atoms with van der Waals surface area (Å²) >= 11 is 5.85. The van der Waals surface area contributed by atoms with Crippen LogP contribution in [0.1, 0.15) is 25.7 Å². The minimum Gasteiger partial charge on any atom is -0.370 e. The summed E-state index contributed by atoms with van der Waals surface area (Å²) in [7, 11) is 0. The van der Waals surface area contributed by atoms with E-state index in [9.17, 15) is 0 Å². The Morgan fingerprint density at radius 1 is 1.35 bits per heavy atom. The van der Waals surface area contributed by atoms with E-state index in [2.05, 4.69) is 27.4 Å². The maximum absolute atomic E-state index is 5.85. The van der Waals surface area contributed by atoms with Crippen LogP contribution in [0.2, 0.25) is 5.02 Å². The molecule has 2 rings (SSSR count). The molecule has 6 nitrogen and oxygen atoms in total. The number of aliphatic imine (C=N–C) groups is 1. The van der Waals surface area contributed by atoms with Gasteiger partial charge in [0.2, 0.25) is 11.7 Å². The summed E-state index contributed by atoms with van der Waals surface area (Å²) in [6, 6.07) is 7.30. The molecule has 0 atom stereocenters.